The molecule has 0 bridgehead atoms. The molecular formula is C22H22N2O5S. The van der Waals surface area contributed by atoms with Gasteiger partial charge in [-0.1, -0.05) is 42.5 Å². The van der Waals surface area contributed by atoms with Gasteiger partial charge in [0.05, 0.1) is 11.2 Å². The smallest absolute Gasteiger partial charge is 0.309 e. The van der Waals surface area contributed by atoms with Crippen LogP contribution in [0.3, 0.4) is 0 Å². The number of sulfone groups is 1. The van der Waals surface area contributed by atoms with Crippen molar-refractivity contribution in [2.45, 2.75) is 23.6 Å². The maximum Gasteiger partial charge on any atom is 0.309 e. The summed E-state index contributed by atoms with van der Waals surface area (Å²) in [5.74, 6) is -1.57. The third-order valence-corrected chi connectivity index (χ3v) is 6.74. The van der Waals surface area contributed by atoms with Crippen molar-refractivity contribution in [2.24, 2.45) is 0 Å². The van der Waals surface area contributed by atoms with E-state index in [1.807, 2.05) is 31.2 Å². The van der Waals surface area contributed by atoms with Crippen LogP contribution in [0.2, 0.25) is 0 Å². The first-order valence-electron chi connectivity index (χ1n) is 9.32. The minimum absolute atomic E-state index is 0.102. The molecule has 0 saturated carbocycles. The molecule has 2 N–H and O–H groups in total. The van der Waals surface area contributed by atoms with Gasteiger partial charge in [0.2, 0.25) is 0 Å². The first-order valence-corrected chi connectivity index (χ1v) is 10.9. The molecule has 0 aliphatic carbocycles. The highest BCUT2D eigenvalue weighted by Crippen LogP contribution is 2.28. The topological polar surface area (TPSA) is 105 Å². The summed E-state index contributed by atoms with van der Waals surface area (Å²) in [5.41, 5.74) is 1.88. The van der Waals surface area contributed by atoms with Gasteiger partial charge in [0.15, 0.2) is 9.84 Å². The van der Waals surface area contributed by atoms with Crippen LogP contribution in [0.4, 0.5) is 0 Å². The molecule has 0 aliphatic heterocycles. The van der Waals surface area contributed by atoms with Crippen LogP contribution in [-0.4, -0.2) is 26.8 Å². The molecule has 3 aromatic rings. The van der Waals surface area contributed by atoms with Crippen molar-refractivity contribution < 1.29 is 22.4 Å². The predicted octanol–water partition coefficient (Wildman–Crippen LogP) is 2.54. The van der Waals surface area contributed by atoms with Gasteiger partial charge in [0.25, 0.3) is 0 Å². The molecule has 0 radical (unpaired) electrons. The van der Waals surface area contributed by atoms with Crippen LogP contribution in [0.1, 0.15) is 22.1 Å². The number of amides is 2. The van der Waals surface area contributed by atoms with E-state index in [1.165, 1.54) is 24.5 Å². The SMILES string of the molecule is Cc1ccccc1CNC(=O)C(=O)NCC(c1ccco1)S(=O)(=O)c1ccccc1. The molecule has 2 amide bonds. The largest absolute Gasteiger partial charge is 0.468 e. The normalized spacial score (nSPS) is 12.2. The molecule has 8 heteroatoms. The van der Waals surface area contributed by atoms with Crippen LogP contribution in [0.15, 0.2) is 82.3 Å². The highest BCUT2D eigenvalue weighted by atomic mass is 32.2. The van der Waals surface area contributed by atoms with Crippen molar-refractivity contribution in [1.82, 2.24) is 10.6 Å². The molecule has 0 saturated heterocycles. The van der Waals surface area contributed by atoms with Gasteiger partial charge in [0.1, 0.15) is 11.0 Å². The van der Waals surface area contributed by atoms with Crippen LogP contribution in [-0.2, 0) is 26.0 Å². The molecule has 0 fully saturated rings. The summed E-state index contributed by atoms with van der Waals surface area (Å²) in [6.07, 6.45) is 1.36. The van der Waals surface area contributed by atoms with Gasteiger partial charge in [-0.05, 0) is 42.3 Å². The molecule has 1 aromatic heterocycles. The molecule has 2 aromatic carbocycles. The van der Waals surface area contributed by atoms with Crippen molar-refractivity contribution in [1.29, 1.82) is 0 Å². The second-order valence-corrected chi connectivity index (χ2v) is 8.81. The minimum atomic E-state index is -3.85. The Labute approximate surface area is 175 Å². The standard InChI is InChI=1S/C22H22N2O5S/c1-16-8-5-6-9-17(16)14-23-21(25)22(26)24-15-20(19-12-7-13-29-19)30(27,28)18-10-3-2-4-11-18/h2-13,20H,14-15H2,1H3,(H,23,25)(H,24,26). The summed E-state index contributed by atoms with van der Waals surface area (Å²) in [6, 6.07) is 18.5. The number of rotatable bonds is 7. The van der Waals surface area contributed by atoms with Crippen LogP contribution >= 0.6 is 0 Å². The molecule has 1 heterocycles. The van der Waals surface area contributed by atoms with E-state index in [9.17, 15) is 18.0 Å². The van der Waals surface area contributed by atoms with Crippen molar-refractivity contribution in [3.63, 3.8) is 0 Å². The monoisotopic (exact) mass is 426 g/mol. The number of hydrogen-bond donors (Lipinski definition) is 2. The maximum atomic E-state index is 13.0. The zero-order valence-corrected chi connectivity index (χ0v) is 17.2. The zero-order valence-electron chi connectivity index (χ0n) is 16.4. The average molecular weight is 426 g/mol. The lowest BCUT2D eigenvalue weighted by Crippen LogP contribution is -2.42. The molecule has 3 rings (SSSR count). The van der Waals surface area contributed by atoms with Gasteiger partial charge in [-0.15, -0.1) is 0 Å². The van der Waals surface area contributed by atoms with E-state index in [1.54, 1.807) is 24.3 Å². The van der Waals surface area contributed by atoms with E-state index < -0.39 is 26.9 Å². The van der Waals surface area contributed by atoms with Crippen LogP contribution in [0, 0.1) is 6.92 Å². The van der Waals surface area contributed by atoms with Crippen molar-refractivity contribution in [3.8, 4) is 0 Å². The van der Waals surface area contributed by atoms with Gasteiger partial charge >= 0.3 is 11.8 Å². The van der Waals surface area contributed by atoms with E-state index in [2.05, 4.69) is 10.6 Å². The van der Waals surface area contributed by atoms with Gasteiger partial charge in [-0.2, -0.15) is 0 Å². The zero-order chi connectivity index (χ0) is 21.6. The lowest BCUT2D eigenvalue weighted by molar-refractivity contribution is -0.139. The fourth-order valence-corrected chi connectivity index (χ4v) is 4.55. The first kappa shape index (κ1) is 21.3. The lowest BCUT2D eigenvalue weighted by Gasteiger charge is -2.16. The molecule has 1 unspecified atom stereocenters. The number of aryl methyl sites for hydroxylation is 1. The van der Waals surface area contributed by atoms with Crippen molar-refractivity contribution >= 4 is 21.7 Å². The first-order chi connectivity index (χ1) is 14.4. The number of carbonyl (C=O) groups is 2. The Balaban J connectivity index is 1.68. The quantitative estimate of drug-likeness (QED) is 0.565. The Kier molecular flexibility index (Phi) is 6.68. The molecule has 0 spiro atoms. The fraction of sp³-hybridized carbons (Fsp3) is 0.182. The number of nitrogens with one attached hydrogen (secondary N) is 2. The van der Waals surface area contributed by atoms with E-state index in [4.69, 9.17) is 4.42 Å². The van der Waals surface area contributed by atoms with E-state index in [-0.39, 0.29) is 23.7 Å². The molecule has 7 nitrogen and oxygen atoms in total. The predicted molar refractivity (Wildman–Crippen MR) is 111 cm³/mol. The van der Waals surface area contributed by atoms with Gasteiger partial charge in [0, 0.05) is 13.1 Å². The molecule has 156 valence electrons. The van der Waals surface area contributed by atoms with Gasteiger partial charge in [-0.25, -0.2) is 8.42 Å². The summed E-state index contributed by atoms with van der Waals surface area (Å²) in [4.78, 5) is 24.5. The van der Waals surface area contributed by atoms with Gasteiger partial charge < -0.3 is 15.1 Å². The van der Waals surface area contributed by atoms with Crippen LogP contribution in [0.25, 0.3) is 0 Å². The maximum absolute atomic E-state index is 13.0. The minimum Gasteiger partial charge on any atom is -0.468 e. The third-order valence-electron chi connectivity index (χ3n) is 4.66. The molecule has 30 heavy (non-hydrogen) atoms. The molecule has 1 atom stereocenters. The Bertz CT molecular complexity index is 1110. The highest BCUT2D eigenvalue weighted by molar-refractivity contribution is 7.91. The summed E-state index contributed by atoms with van der Waals surface area (Å²) >= 11 is 0. The summed E-state index contributed by atoms with van der Waals surface area (Å²) in [6.45, 7) is 1.80. The summed E-state index contributed by atoms with van der Waals surface area (Å²) in [5, 5.41) is 3.79. The van der Waals surface area contributed by atoms with E-state index in [0.29, 0.717) is 0 Å². The van der Waals surface area contributed by atoms with E-state index in [0.717, 1.165) is 11.1 Å². The highest BCUT2D eigenvalue weighted by Gasteiger charge is 2.32. The Morgan fingerprint density at radius 3 is 2.23 bits per heavy atom. The Morgan fingerprint density at radius 1 is 0.900 bits per heavy atom. The second-order valence-electron chi connectivity index (χ2n) is 6.68. The van der Waals surface area contributed by atoms with Crippen LogP contribution in [0.5, 0.6) is 0 Å². The third kappa shape index (κ3) is 4.96. The van der Waals surface area contributed by atoms with Crippen LogP contribution < -0.4 is 10.6 Å². The van der Waals surface area contributed by atoms with Crippen molar-refractivity contribution in [3.05, 3.63) is 89.9 Å². The number of hydrogen-bond acceptors (Lipinski definition) is 5. The van der Waals surface area contributed by atoms with E-state index >= 15 is 0 Å². The van der Waals surface area contributed by atoms with Gasteiger partial charge in [-0.3, -0.25) is 9.59 Å². The number of benzene rings is 2. The molecule has 0 aliphatic rings. The number of carbonyl (C=O) groups excluding carboxylic acids is 2. The molecular weight excluding hydrogens is 404 g/mol. The lowest BCUT2D eigenvalue weighted by atomic mass is 10.1. The Hall–Kier alpha value is -3.39. The summed E-state index contributed by atoms with van der Waals surface area (Å²) < 4.78 is 31.4. The van der Waals surface area contributed by atoms with Crippen molar-refractivity contribution in [2.75, 3.05) is 6.54 Å². The average Bonchev–Trinajstić information content (AvgIpc) is 3.27. The second kappa shape index (κ2) is 9.41. The fourth-order valence-electron chi connectivity index (χ4n) is 2.94. The Morgan fingerprint density at radius 2 is 1.57 bits per heavy atom. The number of furan rings is 1. The summed E-state index contributed by atoms with van der Waals surface area (Å²) in [7, 11) is -3.85.